The summed E-state index contributed by atoms with van der Waals surface area (Å²) in [5.41, 5.74) is 0. The summed E-state index contributed by atoms with van der Waals surface area (Å²) < 4.78 is 4.87. The molecule has 0 aromatic carbocycles. The van der Waals surface area contributed by atoms with Crippen LogP contribution in [0.3, 0.4) is 0 Å². The third kappa shape index (κ3) is 13.5. The summed E-state index contributed by atoms with van der Waals surface area (Å²) in [6.07, 6.45) is 7.32. The molecule has 1 fully saturated rings. The van der Waals surface area contributed by atoms with Gasteiger partial charge in [-0.05, 0) is 25.2 Å². The van der Waals surface area contributed by atoms with Crippen molar-refractivity contribution < 1.29 is 9.53 Å². The van der Waals surface area contributed by atoms with Gasteiger partial charge in [-0.15, -0.1) is 0 Å². The van der Waals surface area contributed by atoms with Crippen molar-refractivity contribution in [3.63, 3.8) is 0 Å². The first-order valence-corrected chi connectivity index (χ1v) is 6.75. The Morgan fingerprint density at radius 3 is 2.00 bits per heavy atom. The largest absolute Gasteiger partial charge is 0.465 e. The zero-order valence-electron chi connectivity index (χ0n) is 11.8. The molecule has 1 aliphatic carbocycles. The minimum absolute atomic E-state index is 0.209. The predicted octanol–water partition coefficient (Wildman–Crippen LogP) is 4.57. The number of ether oxygens (including phenoxy) is 1. The quantitative estimate of drug-likeness (QED) is 0.649. The van der Waals surface area contributed by atoms with Crippen LogP contribution in [0.5, 0.6) is 0 Å². The molecule has 0 spiro atoms. The molecule has 0 heterocycles. The van der Waals surface area contributed by atoms with Crippen LogP contribution >= 0.6 is 0 Å². The SMILES string of the molecule is CC1CCCC(OC=O)C1.CCC.CCC. The fourth-order valence-corrected chi connectivity index (χ4v) is 1.58. The standard InChI is InChI=1S/C8H14O2.2C3H8/c1-7-3-2-4-8(5-7)10-6-9;2*1-3-2/h6-8H,2-5H2,1H3;2*3H2,1-2H3. The van der Waals surface area contributed by atoms with Crippen LogP contribution in [0, 0.1) is 5.92 Å². The molecule has 2 heteroatoms. The maximum Gasteiger partial charge on any atom is 0.293 e. The van der Waals surface area contributed by atoms with Gasteiger partial charge in [0.05, 0.1) is 0 Å². The van der Waals surface area contributed by atoms with Gasteiger partial charge in [-0.1, -0.05) is 53.9 Å². The highest BCUT2D eigenvalue weighted by Gasteiger charge is 2.18. The molecule has 98 valence electrons. The first-order chi connectivity index (χ1) is 7.65. The summed E-state index contributed by atoms with van der Waals surface area (Å²) in [5.74, 6) is 0.735. The molecule has 2 unspecified atom stereocenters. The summed E-state index contributed by atoms with van der Waals surface area (Å²) in [6.45, 7) is 11.3. The molecule has 0 amide bonds. The molecule has 1 aliphatic rings. The van der Waals surface area contributed by atoms with Crippen molar-refractivity contribution in [1.82, 2.24) is 0 Å². The summed E-state index contributed by atoms with van der Waals surface area (Å²) in [4.78, 5) is 9.96. The van der Waals surface area contributed by atoms with Gasteiger partial charge < -0.3 is 4.74 Å². The lowest BCUT2D eigenvalue weighted by Crippen LogP contribution is -2.20. The second kappa shape index (κ2) is 14.5. The molecule has 0 aromatic rings. The molecule has 0 radical (unpaired) electrons. The van der Waals surface area contributed by atoms with E-state index in [9.17, 15) is 4.79 Å². The molecular formula is C14H30O2. The highest BCUT2D eigenvalue weighted by Crippen LogP contribution is 2.24. The Balaban J connectivity index is 0. The highest BCUT2D eigenvalue weighted by molar-refractivity contribution is 5.37. The predicted molar refractivity (Wildman–Crippen MR) is 70.5 cm³/mol. The van der Waals surface area contributed by atoms with Crippen LogP contribution in [0.4, 0.5) is 0 Å². The van der Waals surface area contributed by atoms with E-state index in [2.05, 4.69) is 34.6 Å². The van der Waals surface area contributed by atoms with Gasteiger partial charge >= 0.3 is 0 Å². The zero-order valence-corrected chi connectivity index (χ0v) is 11.8. The van der Waals surface area contributed by atoms with Gasteiger partial charge in [0.25, 0.3) is 6.47 Å². The lowest BCUT2D eigenvalue weighted by molar-refractivity contribution is -0.135. The van der Waals surface area contributed by atoms with Crippen LogP contribution in [-0.2, 0) is 9.53 Å². The molecule has 0 N–H and O–H groups in total. The van der Waals surface area contributed by atoms with Gasteiger partial charge in [-0.25, -0.2) is 0 Å². The van der Waals surface area contributed by atoms with E-state index in [1.807, 2.05) is 0 Å². The van der Waals surface area contributed by atoms with Crippen LogP contribution in [-0.4, -0.2) is 12.6 Å². The number of carbonyl (C=O) groups excluding carboxylic acids is 1. The van der Waals surface area contributed by atoms with Crippen LogP contribution in [0.15, 0.2) is 0 Å². The molecule has 0 aromatic heterocycles. The third-order valence-corrected chi connectivity index (χ3v) is 2.14. The maximum absolute atomic E-state index is 9.96. The number of rotatable bonds is 2. The molecule has 16 heavy (non-hydrogen) atoms. The van der Waals surface area contributed by atoms with Crippen LogP contribution in [0.2, 0.25) is 0 Å². The second-order valence-corrected chi connectivity index (χ2v) is 4.54. The average Bonchev–Trinajstić information content (AvgIpc) is 2.20. The van der Waals surface area contributed by atoms with Crippen molar-refractivity contribution in [3.8, 4) is 0 Å². The Kier molecular flexibility index (Phi) is 16.1. The van der Waals surface area contributed by atoms with E-state index >= 15 is 0 Å². The molecule has 2 nitrogen and oxygen atoms in total. The summed E-state index contributed by atoms with van der Waals surface area (Å²) in [7, 11) is 0. The molecule has 1 rings (SSSR count). The van der Waals surface area contributed by atoms with E-state index in [0.717, 1.165) is 18.8 Å². The van der Waals surface area contributed by atoms with Crippen molar-refractivity contribution in [1.29, 1.82) is 0 Å². The monoisotopic (exact) mass is 230 g/mol. The van der Waals surface area contributed by atoms with E-state index in [1.54, 1.807) is 0 Å². The Labute approximate surface area is 102 Å². The topological polar surface area (TPSA) is 26.3 Å². The second-order valence-electron chi connectivity index (χ2n) is 4.54. The van der Waals surface area contributed by atoms with E-state index in [-0.39, 0.29) is 6.10 Å². The van der Waals surface area contributed by atoms with E-state index in [1.165, 1.54) is 25.7 Å². The van der Waals surface area contributed by atoms with Gasteiger partial charge in [0.15, 0.2) is 0 Å². The average molecular weight is 230 g/mol. The Morgan fingerprint density at radius 2 is 1.62 bits per heavy atom. The summed E-state index contributed by atoms with van der Waals surface area (Å²) in [5, 5.41) is 0. The van der Waals surface area contributed by atoms with Gasteiger partial charge in [0.1, 0.15) is 6.10 Å². The molecule has 1 saturated carbocycles. The third-order valence-electron chi connectivity index (χ3n) is 2.14. The molecular weight excluding hydrogens is 200 g/mol. The van der Waals surface area contributed by atoms with Crippen molar-refractivity contribution in [2.24, 2.45) is 5.92 Å². The Hall–Kier alpha value is -0.530. The first kappa shape index (κ1) is 17.9. The smallest absolute Gasteiger partial charge is 0.293 e. The van der Waals surface area contributed by atoms with Gasteiger partial charge in [0.2, 0.25) is 0 Å². The fourth-order valence-electron chi connectivity index (χ4n) is 1.58. The lowest BCUT2D eigenvalue weighted by atomic mass is 9.89. The zero-order chi connectivity index (χ0) is 12.8. The highest BCUT2D eigenvalue weighted by atomic mass is 16.5. The van der Waals surface area contributed by atoms with Crippen molar-refractivity contribution in [2.45, 2.75) is 79.2 Å². The first-order valence-electron chi connectivity index (χ1n) is 6.75. The van der Waals surface area contributed by atoms with Crippen LogP contribution in [0.1, 0.15) is 73.1 Å². The molecule has 0 bridgehead atoms. The van der Waals surface area contributed by atoms with Crippen molar-refractivity contribution in [3.05, 3.63) is 0 Å². The van der Waals surface area contributed by atoms with E-state index < -0.39 is 0 Å². The summed E-state index contributed by atoms with van der Waals surface area (Å²) >= 11 is 0. The summed E-state index contributed by atoms with van der Waals surface area (Å²) in [6, 6.07) is 0. The minimum Gasteiger partial charge on any atom is -0.465 e. The number of carbonyl (C=O) groups is 1. The number of hydrogen-bond donors (Lipinski definition) is 0. The molecule has 2 atom stereocenters. The maximum atomic E-state index is 9.96. The number of hydrogen-bond acceptors (Lipinski definition) is 2. The van der Waals surface area contributed by atoms with Crippen molar-refractivity contribution >= 4 is 6.47 Å². The normalized spacial score (nSPS) is 23.1. The molecule has 0 aliphatic heterocycles. The Bertz CT molecular complexity index is 133. The van der Waals surface area contributed by atoms with Crippen LogP contribution < -0.4 is 0 Å². The fraction of sp³-hybridized carbons (Fsp3) is 0.929. The van der Waals surface area contributed by atoms with E-state index in [0.29, 0.717) is 6.47 Å². The van der Waals surface area contributed by atoms with Crippen molar-refractivity contribution in [2.75, 3.05) is 0 Å². The Morgan fingerprint density at radius 1 is 1.12 bits per heavy atom. The minimum atomic E-state index is 0.209. The van der Waals surface area contributed by atoms with Gasteiger partial charge in [0, 0.05) is 0 Å². The van der Waals surface area contributed by atoms with Gasteiger partial charge in [-0.2, -0.15) is 0 Å². The molecule has 0 saturated heterocycles. The van der Waals surface area contributed by atoms with Crippen LogP contribution in [0.25, 0.3) is 0 Å². The van der Waals surface area contributed by atoms with Gasteiger partial charge in [-0.3, -0.25) is 4.79 Å². The lowest BCUT2D eigenvalue weighted by Gasteiger charge is -2.24. The van der Waals surface area contributed by atoms with E-state index in [4.69, 9.17) is 4.74 Å².